The van der Waals surface area contributed by atoms with Gasteiger partial charge in [-0.2, -0.15) is 0 Å². The Kier molecular flexibility index (Phi) is 6.20. The molecule has 4 aromatic rings. The molecule has 4 aromatic carbocycles. The van der Waals surface area contributed by atoms with Crippen molar-refractivity contribution in [2.45, 2.75) is 25.0 Å². The molecule has 0 bridgehead atoms. The normalized spacial score (nSPS) is 15.1. The van der Waals surface area contributed by atoms with Crippen molar-refractivity contribution in [1.82, 2.24) is 0 Å². The second-order valence-electron chi connectivity index (χ2n) is 7.91. The summed E-state index contributed by atoms with van der Waals surface area (Å²) >= 11 is 12.4. The molecule has 0 aliphatic heterocycles. The summed E-state index contributed by atoms with van der Waals surface area (Å²) in [6.45, 7) is 4.23. The molecule has 1 nitrogen and oxygen atoms in total. The number of halogens is 2. The summed E-state index contributed by atoms with van der Waals surface area (Å²) in [5, 5.41) is 1.39. The third-order valence-electron chi connectivity index (χ3n) is 5.85. The van der Waals surface area contributed by atoms with E-state index in [4.69, 9.17) is 27.9 Å². The summed E-state index contributed by atoms with van der Waals surface area (Å²) in [4.78, 5) is 0. The standard InChI is InChI=1S/C28H24Cl2O/c1-27(21-9-5-3-6-10-21,23-13-17-25(29)18-14-23)31-28(2,22-11-7-4-8-12-22)24-15-19-26(30)20-16-24/h3-20H,1-2H3. The minimum absolute atomic E-state index is 0.697. The van der Waals surface area contributed by atoms with Crippen molar-refractivity contribution in [3.8, 4) is 0 Å². The molecule has 156 valence electrons. The molecule has 0 saturated heterocycles. The van der Waals surface area contributed by atoms with Crippen LogP contribution >= 0.6 is 23.2 Å². The highest BCUT2D eigenvalue weighted by Gasteiger charge is 2.41. The smallest absolute Gasteiger partial charge is 0.117 e. The molecule has 0 aliphatic carbocycles. The lowest BCUT2D eigenvalue weighted by Crippen LogP contribution is -2.39. The molecule has 2 atom stereocenters. The predicted octanol–water partition coefficient (Wildman–Crippen LogP) is 8.24. The van der Waals surface area contributed by atoms with Crippen molar-refractivity contribution in [3.05, 3.63) is 141 Å². The Morgan fingerprint density at radius 1 is 0.452 bits per heavy atom. The van der Waals surface area contributed by atoms with E-state index in [0.29, 0.717) is 10.0 Å². The van der Waals surface area contributed by atoms with Gasteiger partial charge in [0.05, 0.1) is 0 Å². The third kappa shape index (κ3) is 4.41. The van der Waals surface area contributed by atoms with Crippen molar-refractivity contribution in [2.75, 3.05) is 0 Å². The van der Waals surface area contributed by atoms with Crippen LogP contribution in [-0.2, 0) is 15.9 Å². The average molecular weight is 447 g/mol. The number of hydrogen-bond donors (Lipinski definition) is 0. The van der Waals surface area contributed by atoms with Gasteiger partial charge in [-0.1, -0.05) is 108 Å². The molecule has 4 rings (SSSR count). The molecule has 31 heavy (non-hydrogen) atoms. The monoisotopic (exact) mass is 446 g/mol. The summed E-state index contributed by atoms with van der Waals surface area (Å²) in [6.07, 6.45) is 0. The van der Waals surface area contributed by atoms with Crippen LogP contribution in [0.25, 0.3) is 0 Å². The highest BCUT2D eigenvalue weighted by Crippen LogP contribution is 2.44. The first-order chi connectivity index (χ1) is 14.9. The fourth-order valence-corrected chi connectivity index (χ4v) is 4.28. The van der Waals surface area contributed by atoms with Crippen LogP contribution in [0.15, 0.2) is 109 Å². The van der Waals surface area contributed by atoms with E-state index in [2.05, 4.69) is 38.1 Å². The van der Waals surface area contributed by atoms with Gasteiger partial charge in [0.2, 0.25) is 0 Å². The number of ether oxygens (including phenoxy) is 1. The maximum absolute atomic E-state index is 7.16. The first-order valence-corrected chi connectivity index (χ1v) is 11.0. The fraction of sp³-hybridized carbons (Fsp3) is 0.143. The molecule has 0 spiro atoms. The Labute approximate surface area is 194 Å². The van der Waals surface area contributed by atoms with Crippen molar-refractivity contribution >= 4 is 23.2 Å². The van der Waals surface area contributed by atoms with Crippen molar-refractivity contribution < 1.29 is 4.74 Å². The van der Waals surface area contributed by atoms with Gasteiger partial charge < -0.3 is 4.74 Å². The van der Waals surface area contributed by atoms with Crippen LogP contribution in [0.2, 0.25) is 10.0 Å². The van der Waals surface area contributed by atoms with Crippen LogP contribution in [0.3, 0.4) is 0 Å². The van der Waals surface area contributed by atoms with Crippen LogP contribution < -0.4 is 0 Å². The first-order valence-electron chi connectivity index (χ1n) is 10.3. The Hall–Kier alpha value is -2.58. The van der Waals surface area contributed by atoms with Crippen molar-refractivity contribution in [3.63, 3.8) is 0 Å². The zero-order chi connectivity index (χ0) is 21.9. The molecule has 0 heterocycles. The zero-order valence-electron chi connectivity index (χ0n) is 17.6. The molecule has 0 fully saturated rings. The van der Waals surface area contributed by atoms with E-state index in [9.17, 15) is 0 Å². The van der Waals surface area contributed by atoms with Gasteiger partial charge in [0.25, 0.3) is 0 Å². The van der Waals surface area contributed by atoms with Gasteiger partial charge in [-0.05, 0) is 60.4 Å². The highest BCUT2D eigenvalue weighted by atomic mass is 35.5. The summed E-state index contributed by atoms with van der Waals surface area (Å²) < 4.78 is 7.16. The van der Waals surface area contributed by atoms with E-state index in [-0.39, 0.29) is 0 Å². The zero-order valence-corrected chi connectivity index (χ0v) is 19.1. The second kappa shape index (κ2) is 8.88. The first kappa shape index (κ1) is 21.6. The van der Waals surface area contributed by atoms with Gasteiger partial charge in [0.1, 0.15) is 11.2 Å². The van der Waals surface area contributed by atoms with Crippen molar-refractivity contribution in [2.24, 2.45) is 0 Å². The second-order valence-corrected chi connectivity index (χ2v) is 8.79. The molecule has 0 amide bonds. The SMILES string of the molecule is CC(OC(C)(c1ccccc1)c1ccc(Cl)cc1)(c1ccccc1)c1ccc(Cl)cc1. The molecule has 0 saturated carbocycles. The average Bonchev–Trinajstić information content (AvgIpc) is 2.81. The van der Waals surface area contributed by atoms with Crippen LogP contribution in [0, 0.1) is 0 Å². The van der Waals surface area contributed by atoms with Crippen LogP contribution in [0.5, 0.6) is 0 Å². The fourth-order valence-electron chi connectivity index (χ4n) is 4.03. The van der Waals surface area contributed by atoms with Crippen molar-refractivity contribution in [1.29, 1.82) is 0 Å². The Balaban J connectivity index is 1.91. The van der Waals surface area contributed by atoms with E-state index in [1.54, 1.807) is 0 Å². The van der Waals surface area contributed by atoms with E-state index in [1.807, 2.05) is 84.9 Å². The largest absolute Gasteiger partial charge is 0.350 e. The van der Waals surface area contributed by atoms with Crippen LogP contribution in [0.4, 0.5) is 0 Å². The van der Waals surface area contributed by atoms with Gasteiger partial charge >= 0.3 is 0 Å². The quantitative estimate of drug-likeness (QED) is 0.289. The van der Waals surface area contributed by atoms with Gasteiger partial charge in [-0.3, -0.25) is 0 Å². The molecule has 0 radical (unpaired) electrons. The molecule has 0 aromatic heterocycles. The summed E-state index contributed by atoms with van der Waals surface area (Å²) in [6, 6.07) is 36.3. The molecule has 3 heteroatoms. The van der Waals surface area contributed by atoms with Crippen LogP contribution in [-0.4, -0.2) is 0 Å². The maximum atomic E-state index is 7.16. The summed E-state index contributed by atoms with van der Waals surface area (Å²) in [5.41, 5.74) is 2.73. The number of benzene rings is 4. The van der Waals surface area contributed by atoms with Gasteiger partial charge in [-0.25, -0.2) is 0 Å². The van der Waals surface area contributed by atoms with Crippen LogP contribution in [0.1, 0.15) is 36.1 Å². The topological polar surface area (TPSA) is 9.23 Å². The maximum Gasteiger partial charge on any atom is 0.117 e. The van der Waals surface area contributed by atoms with Gasteiger partial charge in [0, 0.05) is 10.0 Å². The molecule has 0 N–H and O–H groups in total. The minimum Gasteiger partial charge on any atom is -0.350 e. The third-order valence-corrected chi connectivity index (χ3v) is 6.35. The number of hydrogen-bond acceptors (Lipinski definition) is 1. The minimum atomic E-state index is -0.726. The predicted molar refractivity (Wildman–Crippen MR) is 130 cm³/mol. The van der Waals surface area contributed by atoms with Gasteiger partial charge in [0.15, 0.2) is 0 Å². The number of rotatable bonds is 6. The Bertz CT molecular complexity index is 1030. The molecule has 2 unspecified atom stereocenters. The lowest BCUT2D eigenvalue weighted by molar-refractivity contribution is -0.106. The molecular formula is C28H24Cl2O. The Morgan fingerprint density at radius 2 is 0.742 bits per heavy atom. The highest BCUT2D eigenvalue weighted by molar-refractivity contribution is 6.30. The summed E-state index contributed by atoms with van der Waals surface area (Å²) in [5.74, 6) is 0. The lowest BCUT2D eigenvalue weighted by Gasteiger charge is -2.42. The Morgan fingerprint density at radius 3 is 1.06 bits per heavy atom. The van der Waals surface area contributed by atoms with Gasteiger partial charge in [-0.15, -0.1) is 0 Å². The molecular weight excluding hydrogens is 423 g/mol. The molecule has 0 aliphatic rings. The van der Waals surface area contributed by atoms with E-state index < -0.39 is 11.2 Å². The lowest BCUT2D eigenvalue weighted by atomic mass is 9.83. The van der Waals surface area contributed by atoms with E-state index >= 15 is 0 Å². The van der Waals surface area contributed by atoms with E-state index in [1.165, 1.54) is 0 Å². The summed E-state index contributed by atoms with van der Waals surface area (Å²) in [7, 11) is 0. The van der Waals surface area contributed by atoms with E-state index in [0.717, 1.165) is 22.3 Å².